The van der Waals surface area contributed by atoms with Crippen LogP contribution >= 0.6 is 7.82 Å². The SMILES string of the molecule is CC/C=C\C/C=C\C/C=C\C/C=C\C/C=C\C/C=C\C/C=C\C/C=C\CCCCCCCCCCCCCCC(=O)NC(COP(=O)(O)OCC[N+](C)(C)C)C(O)CCCCCCC. The third kappa shape index (κ3) is 47.4. The highest BCUT2D eigenvalue weighted by Crippen LogP contribution is 2.43. The Labute approximate surface area is 394 Å². The number of phosphoric ester groups is 1. The first kappa shape index (κ1) is 61.4. The highest BCUT2D eigenvalue weighted by molar-refractivity contribution is 7.47. The second-order valence-electron chi connectivity index (χ2n) is 18.2. The van der Waals surface area contributed by atoms with Crippen LogP contribution in [0.1, 0.15) is 194 Å². The molecule has 0 saturated carbocycles. The molecule has 0 aliphatic rings. The number of nitrogens with one attached hydrogen (secondary N) is 1. The number of carbonyl (C=O) groups is 1. The molecule has 0 heterocycles. The smallest absolute Gasteiger partial charge is 0.391 e. The van der Waals surface area contributed by atoms with Crippen LogP contribution in [0, 0.1) is 0 Å². The van der Waals surface area contributed by atoms with Crippen LogP contribution in [0.5, 0.6) is 0 Å². The van der Waals surface area contributed by atoms with Crippen molar-refractivity contribution < 1.29 is 32.9 Å². The Morgan fingerprint density at radius 2 is 0.938 bits per heavy atom. The van der Waals surface area contributed by atoms with Crippen LogP contribution in [0.3, 0.4) is 0 Å². The van der Waals surface area contributed by atoms with Gasteiger partial charge in [0, 0.05) is 6.42 Å². The monoisotopic (exact) mass is 914 g/mol. The molecule has 0 aromatic heterocycles. The van der Waals surface area contributed by atoms with E-state index in [1.54, 1.807) is 0 Å². The zero-order valence-corrected chi connectivity index (χ0v) is 42.6. The van der Waals surface area contributed by atoms with E-state index in [0.717, 1.165) is 103 Å². The highest BCUT2D eigenvalue weighted by Gasteiger charge is 2.28. The van der Waals surface area contributed by atoms with Gasteiger partial charge in [0.05, 0.1) is 39.9 Å². The molecule has 9 heteroatoms. The van der Waals surface area contributed by atoms with Gasteiger partial charge in [-0.05, 0) is 77.0 Å². The molecule has 1 amide bonds. The first-order chi connectivity index (χ1) is 31.0. The minimum Gasteiger partial charge on any atom is -0.391 e. The summed E-state index contributed by atoms with van der Waals surface area (Å²) in [5.74, 6) is -0.158. The Bertz CT molecular complexity index is 1360. The van der Waals surface area contributed by atoms with Crippen molar-refractivity contribution in [2.45, 2.75) is 206 Å². The van der Waals surface area contributed by atoms with Crippen LogP contribution in [0.15, 0.2) is 97.2 Å². The summed E-state index contributed by atoms with van der Waals surface area (Å²) in [5, 5.41) is 13.8. The largest absolute Gasteiger partial charge is 0.472 e. The quantitative estimate of drug-likeness (QED) is 0.0243. The maximum atomic E-state index is 12.8. The summed E-state index contributed by atoms with van der Waals surface area (Å²) in [5.41, 5.74) is 0. The standard InChI is InChI=1S/C55H97N2O6P/c1-6-8-10-12-13-14-15-16-17-18-19-20-21-22-23-24-25-26-27-28-29-30-31-32-33-34-35-36-37-38-39-40-41-42-43-45-47-49-55(59)56-53(54(58)48-46-44-11-9-7-2)52-63-64(60,61)62-51-50-57(3,4)5/h8,10,13-14,16-17,19-20,22-23,25-26,28-29,31-32,53-54,58H,6-7,9,11-12,15,18,21,24,27,30,33-52H2,1-5H3,(H-,56,59,60,61)/p+1/b10-8-,14-13-,17-16-,20-19-,23-22-,26-25-,29-28-,32-31-. The van der Waals surface area contributed by atoms with Gasteiger partial charge < -0.3 is 19.8 Å². The molecule has 3 N–H and O–H groups in total. The maximum Gasteiger partial charge on any atom is 0.472 e. The van der Waals surface area contributed by atoms with Gasteiger partial charge in [-0.15, -0.1) is 0 Å². The minimum absolute atomic E-state index is 0.0695. The summed E-state index contributed by atoms with van der Waals surface area (Å²) in [4.78, 5) is 23.0. The van der Waals surface area contributed by atoms with Gasteiger partial charge in [0.1, 0.15) is 13.2 Å². The Hall–Kier alpha value is -2.58. The zero-order chi connectivity index (χ0) is 47.1. The molecule has 3 atom stereocenters. The minimum atomic E-state index is -4.30. The van der Waals surface area contributed by atoms with Crippen LogP contribution in [-0.2, 0) is 18.4 Å². The fourth-order valence-corrected chi connectivity index (χ4v) is 7.56. The van der Waals surface area contributed by atoms with E-state index in [0.29, 0.717) is 23.9 Å². The summed E-state index contributed by atoms with van der Waals surface area (Å²) in [6.07, 6.45) is 65.1. The van der Waals surface area contributed by atoms with Gasteiger partial charge in [-0.3, -0.25) is 13.8 Å². The summed E-state index contributed by atoms with van der Waals surface area (Å²) < 4.78 is 23.5. The van der Waals surface area contributed by atoms with E-state index in [-0.39, 0.29) is 19.1 Å². The van der Waals surface area contributed by atoms with Crippen molar-refractivity contribution in [1.29, 1.82) is 0 Å². The number of likely N-dealkylation sites (N-methyl/N-ethyl adjacent to an activating group) is 1. The van der Waals surface area contributed by atoms with Gasteiger partial charge in [-0.1, -0.05) is 207 Å². The van der Waals surface area contributed by atoms with E-state index < -0.39 is 20.0 Å². The van der Waals surface area contributed by atoms with E-state index in [1.807, 2.05) is 21.1 Å². The number of phosphoric acid groups is 1. The third-order valence-electron chi connectivity index (χ3n) is 10.8. The molecular formula is C55H98N2O6P+. The Morgan fingerprint density at radius 1 is 0.547 bits per heavy atom. The summed E-state index contributed by atoms with van der Waals surface area (Å²) in [7, 11) is 1.60. The predicted octanol–water partition coefficient (Wildman–Crippen LogP) is 15.1. The molecule has 0 aromatic rings. The van der Waals surface area contributed by atoms with Crippen molar-refractivity contribution in [1.82, 2.24) is 5.32 Å². The molecule has 0 radical (unpaired) electrons. The number of aliphatic hydroxyl groups excluding tert-OH is 1. The molecular weight excluding hydrogens is 816 g/mol. The van der Waals surface area contributed by atoms with Gasteiger partial charge in [0.2, 0.25) is 5.91 Å². The third-order valence-corrected chi connectivity index (χ3v) is 11.8. The average molecular weight is 914 g/mol. The second-order valence-corrected chi connectivity index (χ2v) is 19.6. The van der Waals surface area contributed by atoms with Crippen LogP contribution in [0.25, 0.3) is 0 Å². The Balaban J connectivity index is 3.89. The molecule has 3 unspecified atom stereocenters. The number of unbranched alkanes of at least 4 members (excludes halogenated alkanes) is 16. The van der Waals surface area contributed by atoms with Gasteiger partial charge in [-0.25, -0.2) is 4.57 Å². The summed E-state index contributed by atoms with van der Waals surface area (Å²) in [6.45, 7) is 4.66. The van der Waals surface area contributed by atoms with Crippen LogP contribution in [0.4, 0.5) is 0 Å². The van der Waals surface area contributed by atoms with Crippen LogP contribution in [0.2, 0.25) is 0 Å². The van der Waals surface area contributed by atoms with Gasteiger partial charge >= 0.3 is 7.82 Å². The van der Waals surface area contributed by atoms with Crippen molar-refractivity contribution in [3.8, 4) is 0 Å². The number of aliphatic hydroxyl groups is 1. The van der Waals surface area contributed by atoms with Crippen molar-refractivity contribution in [3.05, 3.63) is 97.2 Å². The predicted molar refractivity (Wildman–Crippen MR) is 276 cm³/mol. The number of allylic oxidation sites excluding steroid dienone is 16. The number of hydrogen-bond acceptors (Lipinski definition) is 5. The molecule has 0 aliphatic carbocycles. The highest BCUT2D eigenvalue weighted by atomic mass is 31.2. The lowest BCUT2D eigenvalue weighted by atomic mass is 10.0. The number of nitrogens with zero attached hydrogens (tertiary/aromatic N) is 1. The average Bonchev–Trinajstić information content (AvgIpc) is 3.25. The lowest BCUT2D eigenvalue weighted by Crippen LogP contribution is -2.46. The zero-order valence-electron chi connectivity index (χ0n) is 41.7. The summed E-state index contributed by atoms with van der Waals surface area (Å²) >= 11 is 0. The number of carbonyl (C=O) groups excluding carboxylic acids is 1. The summed E-state index contributed by atoms with van der Waals surface area (Å²) in [6, 6.07) is -0.762. The molecule has 0 saturated heterocycles. The number of hydrogen-bond donors (Lipinski definition) is 3. The van der Waals surface area contributed by atoms with E-state index in [2.05, 4.69) is 116 Å². The van der Waals surface area contributed by atoms with Gasteiger partial charge in [-0.2, -0.15) is 0 Å². The Morgan fingerprint density at radius 3 is 1.38 bits per heavy atom. The number of quaternary nitrogens is 1. The normalized spacial score (nSPS) is 14.9. The fraction of sp³-hybridized carbons (Fsp3) is 0.691. The molecule has 0 fully saturated rings. The maximum absolute atomic E-state index is 12.8. The molecule has 0 aromatic carbocycles. The van der Waals surface area contributed by atoms with E-state index >= 15 is 0 Å². The molecule has 0 spiro atoms. The second kappa shape index (κ2) is 45.6. The molecule has 64 heavy (non-hydrogen) atoms. The van der Waals surface area contributed by atoms with E-state index in [4.69, 9.17) is 9.05 Å². The Kier molecular flexibility index (Phi) is 43.7. The lowest BCUT2D eigenvalue weighted by molar-refractivity contribution is -0.870. The molecule has 0 rings (SSSR count). The fourth-order valence-electron chi connectivity index (χ4n) is 6.83. The van der Waals surface area contributed by atoms with Gasteiger partial charge in [0.25, 0.3) is 0 Å². The van der Waals surface area contributed by atoms with Gasteiger partial charge in [0.15, 0.2) is 0 Å². The van der Waals surface area contributed by atoms with Crippen LogP contribution in [-0.4, -0.2) is 73.4 Å². The molecule has 0 bridgehead atoms. The van der Waals surface area contributed by atoms with E-state index in [9.17, 15) is 19.4 Å². The van der Waals surface area contributed by atoms with E-state index in [1.165, 1.54) is 64.2 Å². The first-order valence-electron chi connectivity index (χ1n) is 25.6. The molecule has 0 aliphatic heterocycles. The molecule has 368 valence electrons. The van der Waals surface area contributed by atoms with Crippen molar-refractivity contribution >= 4 is 13.7 Å². The van der Waals surface area contributed by atoms with Crippen molar-refractivity contribution in [2.24, 2.45) is 0 Å². The van der Waals surface area contributed by atoms with Crippen LogP contribution < -0.4 is 5.32 Å². The number of amides is 1. The van der Waals surface area contributed by atoms with Crippen molar-refractivity contribution in [2.75, 3.05) is 40.9 Å². The van der Waals surface area contributed by atoms with Crippen molar-refractivity contribution in [3.63, 3.8) is 0 Å². The number of rotatable bonds is 45. The lowest BCUT2D eigenvalue weighted by Gasteiger charge is -2.26. The first-order valence-corrected chi connectivity index (χ1v) is 27.1. The molecule has 8 nitrogen and oxygen atoms in total. The topological polar surface area (TPSA) is 105 Å².